The van der Waals surface area contributed by atoms with Gasteiger partial charge in [0.2, 0.25) is 11.0 Å². The quantitative estimate of drug-likeness (QED) is 0.416. The Morgan fingerprint density at radius 2 is 2.07 bits per heavy atom. The van der Waals surface area contributed by atoms with E-state index in [2.05, 4.69) is 25.2 Å². The molecule has 0 bridgehead atoms. The van der Waals surface area contributed by atoms with Gasteiger partial charge in [0.1, 0.15) is 5.82 Å². The number of ether oxygens (including phenoxy) is 1. The monoisotopic (exact) mass is 424 g/mol. The van der Waals surface area contributed by atoms with Gasteiger partial charge in [-0.05, 0) is 32.0 Å². The summed E-state index contributed by atoms with van der Waals surface area (Å²) in [5.74, 6) is -0.565. The molecule has 28 heavy (non-hydrogen) atoms. The van der Waals surface area contributed by atoms with Gasteiger partial charge in [0.15, 0.2) is 4.34 Å². The van der Waals surface area contributed by atoms with Crippen molar-refractivity contribution in [3.05, 3.63) is 35.6 Å². The van der Waals surface area contributed by atoms with E-state index in [4.69, 9.17) is 0 Å². The van der Waals surface area contributed by atoms with E-state index in [1.807, 2.05) is 6.07 Å². The fourth-order valence-corrected chi connectivity index (χ4v) is 4.51. The molecular weight excluding hydrogens is 403 g/mol. The Morgan fingerprint density at radius 3 is 2.79 bits per heavy atom. The molecule has 150 valence electrons. The number of benzene rings is 1. The summed E-state index contributed by atoms with van der Waals surface area (Å²) < 4.78 is 19.0. The molecule has 1 aromatic heterocycles. The van der Waals surface area contributed by atoms with Crippen LogP contribution in [0.3, 0.4) is 0 Å². The number of carbonyl (C=O) groups is 2. The van der Waals surface area contributed by atoms with E-state index in [0.29, 0.717) is 34.4 Å². The third-order valence-corrected chi connectivity index (χ3v) is 6.43. The van der Waals surface area contributed by atoms with Gasteiger partial charge in [-0.3, -0.25) is 14.5 Å². The average molecular weight is 425 g/mol. The first-order valence-corrected chi connectivity index (χ1v) is 10.6. The number of halogens is 1. The van der Waals surface area contributed by atoms with Crippen molar-refractivity contribution < 1.29 is 18.7 Å². The third-order valence-electron chi connectivity index (χ3n) is 4.49. The first-order chi connectivity index (χ1) is 13.5. The fourth-order valence-electron chi connectivity index (χ4n) is 2.93. The SMILES string of the molecule is COC(=O)CSc1nnc(NC(=O)C2CCN(Cc3ccccc3F)CC2)s1. The van der Waals surface area contributed by atoms with Gasteiger partial charge in [0.05, 0.1) is 12.9 Å². The van der Waals surface area contributed by atoms with Crippen LogP contribution in [0, 0.1) is 11.7 Å². The van der Waals surface area contributed by atoms with Gasteiger partial charge in [0, 0.05) is 18.0 Å². The van der Waals surface area contributed by atoms with Crippen LogP contribution in [0.5, 0.6) is 0 Å². The molecule has 7 nitrogen and oxygen atoms in total. The summed E-state index contributed by atoms with van der Waals surface area (Å²) in [6, 6.07) is 6.77. The highest BCUT2D eigenvalue weighted by Crippen LogP contribution is 2.27. The summed E-state index contributed by atoms with van der Waals surface area (Å²) in [5, 5.41) is 11.1. The molecule has 2 aromatic rings. The van der Waals surface area contributed by atoms with Gasteiger partial charge in [-0.15, -0.1) is 10.2 Å². The predicted molar refractivity (Wildman–Crippen MR) is 106 cm³/mol. The third kappa shape index (κ3) is 5.73. The Labute approximate surface area is 170 Å². The predicted octanol–water partition coefficient (Wildman–Crippen LogP) is 2.79. The molecule has 1 aromatic carbocycles. The number of nitrogens with one attached hydrogen (secondary N) is 1. The van der Waals surface area contributed by atoms with Crippen LogP contribution < -0.4 is 5.32 Å². The Hall–Kier alpha value is -2.04. The Balaban J connectivity index is 1.44. The molecule has 0 saturated carbocycles. The molecule has 1 fully saturated rings. The number of hydrogen-bond acceptors (Lipinski definition) is 8. The van der Waals surface area contributed by atoms with Crippen LogP contribution in [-0.4, -0.2) is 52.9 Å². The van der Waals surface area contributed by atoms with E-state index in [-0.39, 0.29) is 29.4 Å². The zero-order chi connectivity index (χ0) is 19.9. The number of amides is 1. The highest BCUT2D eigenvalue weighted by molar-refractivity contribution is 8.01. The molecule has 2 heterocycles. The topological polar surface area (TPSA) is 84.4 Å². The minimum absolute atomic E-state index is 0.0776. The number of thioether (sulfide) groups is 1. The number of methoxy groups -OCH3 is 1. The number of likely N-dealkylation sites (tertiary alicyclic amines) is 1. The lowest BCUT2D eigenvalue weighted by atomic mass is 9.95. The number of anilines is 1. The van der Waals surface area contributed by atoms with Crippen molar-refractivity contribution in [2.75, 3.05) is 31.3 Å². The van der Waals surface area contributed by atoms with Gasteiger partial charge < -0.3 is 10.1 Å². The second-order valence-electron chi connectivity index (χ2n) is 6.37. The largest absolute Gasteiger partial charge is 0.468 e. The lowest BCUT2D eigenvalue weighted by Gasteiger charge is -2.31. The number of piperidine rings is 1. The van der Waals surface area contributed by atoms with Crippen LogP contribution in [0.25, 0.3) is 0 Å². The maximum atomic E-state index is 13.8. The van der Waals surface area contributed by atoms with Crippen molar-refractivity contribution >= 4 is 40.1 Å². The highest BCUT2D eigenvalue weighted by Gasteiger charge is 2.26. The van der Waals surface area contributed by atoms with E-state index in [1.54, 1.807) is 12.1 Å². The Morgan fingerprint density at radius 1 is 1.32 bits per heavy atom. The van der Waals surface area contributed by atoms with Gasteiger partial charge in [0.25, 0.3) is 0 Å². The average Bonchev–Trinajstić information content (AvgIpc) is 3.15. The summed E-state index contributed by atoms with van der Waals surface area (Å²) >= 11 is 2.45. The van der Waals surface area contributed by atoms with Gasteiger partial charge in [-0.25, -0.2) is 4.39 Å². The zero-order valence-corrected chi connectivity index (χ0v) is 17.0. The smallest absolute Gasteiger partial charge is 0.316 e. The van der Waals surface area contributed by atoms with Crippen LogP contribution in [-0.2, 0) is 20.9 Å². The van der Waals surface area contributed by atoms with E-state index < -0.39 is 0 Å². The standard InChI is InChI=1S/C18H21FN4O3S2/c1-26-15(24)11-27-18-22-21-17(28-18)20-16(25)12-6-8-23(9-7-12)10-13-4-2-3-5-14(13)19/h2-5,12H,6-11H2,1H3,(H,20,21,25). The van der Waals surface area contributed by atoms with E-state index in [9.17, 15) is 14.0 Å². The van der Waals surface area contributed by atoms with Crippen molar-refractivity contribution in [1.29, 1.82) is 0 Å². The van der Waals surface area contributed by atoms with Crippen LogP contribution in [0.1, 0.15) is 18.4 Å². The summed E-state index contributed by atoms with van der Waals surface area (Å²) in [6.07, 6.45) is 1.42. The van der Waals surface area contributed by atoms with E-state index >= 15 is 0 Å². The van der Waals surface area contributed by atoms with Crippen molar-refractivity contribution in [3.63, 3.8) is 0 Å². The number of carbonyl (C=O) groups excluding carboxylic acids is 2. The molecule has 0 atom stereocenters. The summed E-state index contributed by atoms with van der Waals surface area (Å²) in [4.78, 5) is 25.8. The first kappa shape index (κ1) is 20.7. The lowest BCUT2D eigenvalue weighted by Crippen LogP contribution is -2.37. The zero-order valence-electron chi connectivity index (χ0n) is 15.4. The summed E-state index contributed by atoms with van der Waals surface area (Å²) in [7, 11) is 1.33. The minimum Gasteiger partial charge on any atom is -0.468 e. The molecule has 0 aliphatic carbocycles. The van der Waals surface area contributed by atoms with E-state index in [0.717, 1.165) is 13.1 Å². The van der Waals surface area contributed by atoms with Crippen LogP contribution in [0.4, 0.5) is 9.52 Å². The highest BCUT2D eigenvalue weighted by atomic mass is 32.2. The first-order valence-electron chi connectivity index (χ1n) is 8.85. The maximum absolute atomic E-state index is 13.8. The number of nitrogens with zero attached hydrogens (tertiary/aromatic N) is 3. The molecule has 1 N–H and O–H groups in total. The van der Waals surface area contributed by atoms with Gasteiger partial charge in [-0.1, -0.05) is 41.3 Å². The van der Waals surface area contributed by atoms with E-state index in [1.165, 1.54) is 36.3 Å². The van der Waals surface area contributed by atoms with Crippen molar-refractivity contribution in [1.82, 2.24) is 15.1 Å². The molecular formula is C18H21FN4O3S2. The van der Waals surface area contributed by atoms with Gasteiger partial charge >= 0.3 is 5.97 Å². The van der Waals surface area contributed by atoms with Crippen molar-refractivity contribution in [3.8, 4) is 0 Å². The van der Waals surface area contributed by atoms with Crippen LogP contribution in [0.15, 0.2) is 28.6 Å². The molecule has 1 amide bonds. The molecule has 3 rings (SSSR count). The number of esters is 1. The summed E-state index contributed by atoms with van der Waals surface area (Å²) in [5.41, 5.74) is 0.677. The number of rotatable bonds is 7. The number of hydrogen-bond donors (Lipinski definition) is 1. The van der Waals surface area contributed by atoms with Crippen LogP contribution in [0.2, 0.25) is 0 Å². The molecule has 0 radical (unpaired) electrons. The lowest BCUT2D eigenvalue weighted by molar-refractivity contribution is -0.137. The Bertz CT molecular complexity index is 825. The molecule has 1 aliphatic rings. The maximum Gasteiger partial charge on any atom is 0.316 e. The summed E-state index contributed by atoms with van der Waals surface area (Å²) in [6.45, 7) is 2.03. The molecule has 10 heteroatoms. The van der Waals surface area contributed by atoms with Gasteiger partial charge in [-0.2, -0.15) is 0 Å². The van der Waals surface area contributed by atoms with Crippen molar-refractivity contribution in [2.24, 2.45) is 5.92 Å². The second kappa shape index (κ2) is 9.94. The molecule has 1 saturated heterocycles. The fraction of sp³-hybridized carbons (Fsp3) is 0.444. The Kier molecular flexibility index (Phi) is 7.35. The van der Waals surface area contributed by atoms with Crippen LogP contribution >= 0.6 is 23.1 Å². The molecule has 0 spiro atoms. The second-order valence-corrected chi connectivity index (χ2v) is 8.57. The number of aromatic nitrogens is 2. The minimum atomic E-state index is -0.340. The molecule has 1 aliphatic heterocycles. The molecule has 0 unspecified atom stereocenters. The van der Waals surface area contributed by atoms with Crippen molar-refractivity contribution in [2.45, 2.75) is 23.7 Å². The normalized spacial score (nSPS) is 15.4.